The molecule has 0 N–H and O–H groups in total. The van der Waals surface area contributed by atoms with Crippen molar-refractivity contribution < 1.29 is 4.79 Å². The van der Waals surface area contributed by atoms with Crippen LogP contribution in [-0.2, 0) is 0 Å². The molecule has 19 heavy (non-hydrogen) atoms. The van der Waals surface area contributed by atoms with Gasteiger partial charge in [-0.05, 0) is 0 Å². The molecule has 1 rings (SSSR count). The molecule has 1 aromatic rings. The Bertz CT molecular complexity index is 747. The minimum atomic E-state index is -1.20. The van der Waals surface area contributed by atoms with Gasteiger partial charge in [-0.3, -0.25) is 4.79 Å². The minimum Gasteiger partial charge on any atom is -0.265 e. The van der Waals surface area contributed by atoms with Gasteiger partial charge in [0.05, 0.1) is 0 Å². The molecule has 0 atom stereocenters. The quantitative estimate of drug-likeness (QED) is 0.473. The molecule has 1 amide bonds. The first kappa shape index (κ1) is 13.1. The highest BCUT2D eigenvalue weighted by molar-refractivity contribution is 5.96. The van der Waals surface area contributed by atoms with Crippen LogP contribution in [0.15, 0.2) is 0 Å². The molecule has 0 saturated carbocycles. The standard InChI is InChI=1S/C10N8O/c11-1-6-7(2-12)17-9(8(3-13)16-6)10(19)18(4-14)5-15. The highest BCUT2D eigenvalue weighted by atomic mass is 16.2. The van der Waals surface area contributed by atoms with Crippen molar-refractivity contribution in [2.24, 2.45) is 0 Å². The molecule has 0 saturated heterocycles. The zero-order valence-corrected chi connectivity index (χ0v) is 8.99. The van der Waals surface area contributed by atoms with Crippen molar-refractivity contribution in [3.8, 4) is 30.6 Å². The summed E-state index contributed by atoms with van der Waals surface area (Å²) in [6.07, 6.45) is 2.53. The fourth-order valence-electron chi connectivity index (χ4n) is 1.04. The van der Waals surface area contributed by atoms with E-state index in [1.807, 2.05) is 0 Å². The van der Waals surface area contributed by atoms with E-state index in [1.165, 1.54) is 24.5 Å². The molecule has 0 fully saturated rings. The van der Waals surface area contributed by atoms with E-state index in [0.717, 1.165) is 0 Å². The lowest BCUT2D eigenvalue weighted by molar-refractivity contribution is 0.0877. The number of hydrogen-bond acceptors (Lipinski definition) is 8. The van der Waals surface area contributed by atoms with Gasteiger partial charge >= 0.3 is 5.91 Å². The maximum Gasteiger partial charge on any atom is 0.302 e. The molecule has 0 radical (unpaired) electrons. The monoisotopic (exact) mass is 248 g/mol. The first-order valence-electron chi connectivity index (χ1n) is 4.39. The van der Waals surface area contributed by atoms with Gasteiger partial charge < -0.3 is 0 Å². The van der Waals surface area contributed by atoms with E-state index in [1.54, 1.807) is 6.07 Å². The summed E-state index contributed by atoms with van der Waals surface area (Å²) in [5.41, 5.74) is -2.08. The van der Waals surface area contributed by atoms with Crippen LogP contribution in [0.1, 0.15) is 27.6 Å². The number of carbonyl (C=O) groups excluding carboxylic acids is 1. The average Bonchev–Trinajstić information content (AvgIpc) is 2.46. The van der Waals surface area contributed by atoms with E-state index in [0.29, 0.717) is 0 Å². The number of amides is 1. The topological polar surface area (TPSA) is 165 Å². The lowest BCUT2D eigenvalue weighted by Crippen LogP contribution is -2.24. The summed E-state index contributed by atoms with van der Waals surface area (Å²) in [5, 5.41) is 43.3. The Hall–Kier alpha value is -4.00. The third kappa shape index (κ3) is 2.24. The van der Waals surface area contributed by atoms with Crippen molar-refractivity contribution in [3.63, 3.8) is 0 Å². The molecular weight excluding hydrogens is 248 g/mol. The predicted molar refractivity (Wildman–Crippen MR) is 53.6 cm³/mol. The van der Waals surface area contributed by atoms with Gasteiger partial charge in [-0.15, -0.1) is 4.90 Å². The third-order valence-electron chi connectivity index (χ3n) is 1.82. The summed E-state index contributed by atoms with van der Waals surface area (Å²) < 4.78 is 0. The molecule has 1 aromatic heterocycles. The number of rotatable bonds is 1. The third-order valence-corrected chi connectivity index (χ3v) is 1.82. The van der Waals surface area contributed by atoms with Crippen LogP contribution < -0.4 is 0 Å². The van der Waals surface area contributed by atoms with Crippen LogP contribution in [0.25, 0.3) is 0 Å². The molecule has 0 aliphatic heterocycles. The van der Waals surface area contributed by atoms with Crippen LogP contribution in [0.3, 0.4) is 0 Å². The minimum absolute atomic E-state index is 0.0675. The number of hydrogen-bond donors (Lipinski definition) is 0. The van der Waals surface area contributed by atoms with Gasteiger partial charge in [0.25, 0.3) is 0 Å². The largest absolute Gasteiger partial charge is 0.302 e. The van der Waals surface area contributed by atoms with Crippen molar-refractivity contribution in [1.82, 2.24) is 14.9 Å². The first-order valence-corrected chi connectivity index (χ1v) is 4.39. The van der Waals surface area contributed by atoms with Crippen LogP contribution in [0, 0.1) is 56.9 Å². The zero-order chi connectivity index (χ0) is 14.4. The van der Waals surface area contributed by atoms with Crippen LogP contribution in [0.4, 0.5) is 0 Å². The van der Waals surface area contributed by atoms with Crippen LogP contribution in [0.2, 0.25) is 0 Å². The van der Waals surface area contributed by atoms with Crippen LogP contribution in [0.5, 0.6) is 0 Å². The van der Waals surface area contributed by atoms with Crippen molar-refractivity contribution in [3.05, 3.63) is 22.8 Å². The Morgan fingerprint density at radius 2 is 1.32 bits per heavy atom. The molecule has 1 heterocycles. The molecule has 9 nitrogen and oxygen atoms in total. The molecule has 0 aliphatic carbocycles. The normalized spacial score (nSPS) is 7.95. The van der Waals surface area contributed by atoms with E-state index >= 15 is 0 Å². The highest BCUT2D eigenvalue weighted by Crippen LogP contribution is 2.10. The Labute approximate surface area is 106 Å². The van der Waals surface area contributed by atoms with Crippen molar-refractivity contribution >= 4 is 5.91 Å². The van der Waals surface area contributed by atoms with Gasteiger partial charge in [-0.1, -0.05) is 0 Å². The molecule has 0 spiro atoms. The van der Waals surface area contributed by atoms with Crippen LogP contribution in [-0.4, -0.2) is 20.8 Å². The second kappa shape index (κ2) is 5.37. The molecular formula is C10N8O. The van der Waals surface area contributed by atoms with Gasteiger partial charge in [-0.25, -0.2) is 9.97 Å². The Balaban J connectivity index is 3.56. The fourth-order valence-corrected chi connectivity index (χ4v) is 1.04. The van der Waals surface area contributed by atoms with Gasteiger partial charge in [0.15, 0.2) is 22.8 Å². The molecule has 9 heteroatoms. The van der Waals surface area contributed by atoms with E-state index in [4.69, 9.17) is 26.3 Å². The average molecular weight is 248 g/mol. The van der Waals surface area contributed by atoms with E-state index < -0.39 is 28.7 Å². The number of aromatic nitrogens is 2. The smallest absolute Gasteiger partial charge is 0.265 e. The van der Waals surface area contributed by atoms with Crippen molar-refractivity contribution in [1.29, 1.82) is 26.3 Å². The molecule has 0 unspecified atom stereocenters. The fraction of sp³-hybridized carbons (Fsp3) is 0. The lowest BCUT2D eigenvalue weighted by atomic mass is 10.2. The first-order chi connectivity index (χ1) is 9.12. The van der Waals surface area contributed by atoms with Crippen LogP contribution >= 0.6 is 0 Å². The molecule has 0 aliphatic rings. The van der Waals surface area contributed by atoms with E-state index in [-0.39, 0.29) is 4.90 Å². The van der Waals surface area contributed by atoms with E-state index in [2.05, 4.69) is 9.97 Å². The molecule has 86 valence electrons. The van der Waals surface area contributed by atoms with Crippen molar-refractivity contribution in [2.45, 2.75) is 0 Å². The Kier molecular flexibility index (Phi) is 3.69. The van der Waals surface area contributed by atoms with Gasteiger partial charge in [0.2, 0.25) is 12.4 Å². The Morgan fingerprint density at radius 3 is 1.74 bits per heavy atom. The maximum absolute atomic E-state index is 11.7. The SMILES string of the molecule is N#Cc1nc(C#N)c(C(=O)N(C#N)C#N)nc1C#N. The molecule has 0 aromatic carbocycles. The number of nitriles is 5. The summed E-state index contributed by atoms with van der Waals surface area (Å²) in [4.78, 5) is 18.7. The second-order valence-electron chi connectivity index (χ2n) is 2.79. The zero-order valence-electron chi connectivity index (χ0n) is 8.99. The summed E-state index contributed by atoms with van der Waals surface area (Å²) in [7, 11) is 0. The summed E-state index contributed by atoms with van der Waals surface area (Å²) in [6, 6.07) is 4.57. The highest BCUT2D eigenvalue weighted by Gasteiger charge is 2.24. The summed E-state index contributed by atoms with van der Waals surface area (Å²) >= 11 is 0. The predicted octanol–water partition coefficient (Wildman–Crippen LogP) is -0.504. The lowest BCUT2D eigenvalue weighted by Gasteiger charge is -2.04. The number of nitrogens with zero attached hydrogens (tertiary/aromatic N) is 8. The molecule has 0 bridgehead atoms. The van der Waals surface area contributed by atoms with Gasteiger partial charge in [0.1, 0.15) is 18.2 Å². The second-order valence-corrected chi connectivity index (χ2v) is 2.79. The summed E-state index contributed by atoms with van der Waals surface area (Å²) in [6.45, 7) is 0. The Morgan fingerprint density at radius 1 is 0.842 bits per heavy atom. The van der Waals surface area contributed by atoms with Gasteiger partial charge in [0, 0.05) is 0 Å². The van der Waals surface area contributed by atoms with Crippen molar-refractivity contribution in [2.75, 3.05) is 0 Å². The maximum atomic E-state index is 11.7. The van der Waals surface area contributed by atoms with E-state index in [9.17, 15) is 4.79 Å². The number of carbonyl (C=O) groups is 1. The van der Waals surface area contributed by atoms with Gasteiger partial charge in [-0.2, -0.15) is 26.3 Å². The summed E-state index contributed by atoms with van der Waals surface area (Å²) in [5.74, 6) is -1.20.